The molecule has 1 amide bonds. The number of carbonyl (C=O) groups excluding carboxylic acids is 1. The summed E-state index contributed by atoms with van der Waals surface area (Å²) in [7, 11) is 0. The first kappa shape index (κ1) is 19.6. The van der Waals surface area contributed by atoms with E-state index in [0.29, 0.717) is 17.6 Å². The third-order valence-electron chi connectivity index (χ3n) is 7.37. The first-order valence-corrected chi connectivity index (χ1v) is 11.4. The van der Waals surface area contributed by atoms with Crippen LogP contribution in [-0.4, -0.2) is 52.0 Å². The molecule has 3 aliphatic rings. The minimum absolute atomic E-state index is 0.111. The van der Waals surface area contributed by atoms with Crippen molar-refractivity contribution >= 4 is 5.91 Å². The minimum Gasteiger partial charge on any atom is -0.335 e. The van der Waals surface area contributed by atoms with Crippen LogP contribution in [0.15, 0.2) is 35.3 Å². The lowest BCUT2D eigenvalue weighted by atomic mass is 9.96. The number of rotatable bonds is 3. The Kier molecular flexibility index (Phi) is 5.02. The monoisotopic (exact) mass is 405 g/mol. The van der Waals surface area contributed by atoms with Gasteiger partial charge < -0.3 is 4.90 Å². The number of aromatic nitrogens is 1. The summed E-state index contributed by atoms with van der Waals surface area (Å²) in [6.07, 6.45) is 8.82. The fourth-order valence-corrected chi connectivity index (χ4v) is 5.55. The molecule has 2 saturated heterocycles. The molecule has 1 unspecified atom stereocenters. The minimum atomic E-state index is -0.185. The van der Waals surface area contributed by atoms with Gasteiger partial charge >= 0.3 is 0 Å². The topological polar surface area (TPSA) is 45.6 Å². The Hall–Kier alpha value is -2.40. The molecule has 0 radical (unpaired) electrons. The second-order valence-corrected chi connectivity index (χ2v) is 9.26. The fraction of sp³-hybridized carbons (Fsp3) is 0.520. The predicted molar refractivity (Wildman–Crippen MR) is 119 cm³/mol. The maximum absolute atomic E-state index is 13.4. The Bertz CT molecular complexity index is 1040. The standard InChI is InChI=1S/C25H31N3O2/c1-17-12-14-28(22-11-6-9-19-8-5-10-21(19)22)25(30)23(17)24(29)26-15-20(16-26)27-13-4-3-7-18(27)2/h6,9,11-12,14,18,20H,3-5,7-8,10,13,15-16H2,1-2H3. The molecule has 5 heteroatoms. The molecule has 2 aromatic rings. The molecular formula is C25H31N3O2. The summed E-state index contributed by atoms with van der Waals surface area (Å²) >= 11 is 0. The van der Waals surface area contributed by atoms with Crippen molar-refractivity contribution < 1.29 is 4.79 Å². The highest BCUT2D eigenvalue weighted by Gasteiger charge is 2.38. The summed E-state index contributed by atoms with van der Waals surface area (Å²) in [6.45, 7) is 6.76. The van der Waals surface area contributed by atoms with Crippen molar-refractivity contribution in [3.05, 3.63) is 63.1 Å². The fourth-order valence-electron chi connectivity index (χ4n) is 5.55. The third kappa shape index (κ3) is 3.20. The van der Waals surface area contributed by atoms with Crippen LogP contribution in [0.1, 0.15) is 59.7 Å². The largest absolute Gasteiger partial charge is 0.335 e. The number of carbonyl (C=O) groups is 1. The lowest BCUT2D eigenvalue weighted by molar-refractivity contribution is 0.00197. The number of piperidine rings is 1. The molecule has 1 aromatic heterocycles. The van der Waals surface area contributed by atoms with E-state index in [1.54, 1.807) is 4.57 Å². The normalized spacial score (nSPS) is 22.1. The number of pyridine rings is 1. The van der Waals surface area contributed by atoms with Crippen LogP contribution in [0, 0.1) is 6.92 Å². The van der Waals surface area contributed by atoms with Gasteiger partial charge in [-0.05, 0) is 81.3 Å². The second-order valence-electron chi connectivity index (χ2n) is 9.26. The lowest BCUT2D eigenvalue weighted by Gasteiger charge is -2.49. The molecular weight excluding hydrogens is 374 g/mol. The Morgan fingerprint density at radius 1 is 1.07 bits per heavy atom. The molecule has 158 valence electrons. The molecule has 3 heterocycles. The maximum atomic E-state index is 13.4. The maximum Gasteiger partial charge on any atom is 0.268 e. The van der Waals surface area contributed by atoms with Gasteiger partial charge in [0.05, 0.1) is 5.69 Å². The Labute approximate surface area is 178 Å². The van der Waals surface area contributed by atoms with Crippen LogP contribution < -0.4 is 5.56 Å². The molecule has 5 rings (SSSR count). The number of amides is 1. The van der Waals surface area contributed by atoms with Gasteiger partial charge in [0.25, 0.3) is 11.5 Å². The highest BCUT2D eigenvalue weighted by atomic mass is 16.2. The molecule has 0 bridgehead atoms. The van der Waals surface area contributed by atoms with E-state index >= 15 is 0 Å². The highest BCUT2D eigenvalue weighted by molar-refractivity contribution is 5.96. The third-order valence-corrected chi connectivity index (χ3v) is 7.37. The van der Waals surface area contributed by atoms with Gasteiger partial charge in [-0.3, -0.25) is 19.1 Å². The Morgan fingerprint density at radius 3 is 2.70 bits per heavy atom. The van der Waals surface area contributed by atoms with Crippen LogP contribution in [0.25, 0.3) is 5.69 Å². The summed E-state index contributed by atoms with van der Waals surface area (Å²) < 4.78 is 1.69. The first-order chi connectivity index (χ1) is 14.5. The van der Waals surface area contributed by atoms with Gasteiger partial charge in [-0.25, -0.2) is 0 Å². The molecule has 1 aliphatic carbocycles. The van der Waals surface area contributed by atoms with Gasteiger partial charge in [-0.1, -0.05) is 18.6 Å². The van der Waals surface area contributed by atoms with Crippen LogP contribution in [-0.2, 0) is 12.8 Å². The molecule has 0 N–H and O–H groups in total. The highest BCUT2D eigenvalue weighted by Crippen LogP contribution is 2.28. The molecule has 0 spiro atoms. The number of benzene rings is 1. The van der Waals surface area contributed by atoms with Crippen molar-refractivity contribution in [3.63, 3.8) is 0 Å². The van der Waals surface area contributed by atoms with E-state index in [9.17, 15) is 9.59 Å². The first-order valence-electron chi connectivity index (χ1n) is 11.4. The van der Waals surface area contributed by atoms with Crippen molar-refractivity contribution in [3.8, 4) is 5.69 Å². The van der Waals surface area contributed by atoms with Gasteiger partial charge in [-0.2, -0.15) is 0 Å². The van der Waals surface area contributed by atoms with Crippen molar-refractivity contribution in [2.45, 2.75) is 64.5 Å². The summed E-state index contributed by atoms with van der Waals surface area (Å²) in [5, 5.41) is 0. The number of aryl methyl sites for hydroxylation is 2. The average Bonchev–Trinajstić information content (AvgIpc) is 3.18. The van der Waals surface area contributed by atoms with E-state index in [1.165, 1.54) is 30.4 Å². The van der Waals surface area contributed by atoms with E-state index in [2.05, 4.69) is 17.9 Å². The van der Waals surface area contributed by atoms with Crippen molar-refractivity contribution in [1.29, 1.82) is 0 Å². The zero-order valence-electron chi connectivity index (χ0n) is 18.1. The SMILES string of the molecule is Cc1ccn(-c2cccc3c2CCC3)c(=O)c1C(=O)N1CC(N2CCCCC2C)C1. The molecule has 1 atom stereocenters. The van der Waals surface area contributed by atoms with Crippen molar-refractivity contribution in [2.24, 2.45) is 0 Å². The van der Waals surface area contributed by atoms with E-state index in [0.717, 1.165) is 50.1 Å². The number of hydrogen-bond acceptors (Lipinski definition) is 3. The summed E-state index contributed by atoms with van der Waals surface area (Å²) in [4.78, 5) is 31.1. The zero-order valence-corrected chi connectivity index (χ0v) is 18.1. The van der Waals surface area contributed by atoms with Gasteiger partial charge in [0.1, 0.15) is 5.56 Å². The van der Waals surface area contributed by atoms with Crippen LogP contribution >= 0.6 is 0 Å². The molecule has 1 aromatic carbocycles. The van der Waals surface area contributed by atoms with E-state index < -0.39 is 0 Å². The van der Waals surface area contributed by atoms with Gasteiger partial charge in [0.2, 0.25) is 0 Å². The predicted octanol–water partition coefficient (Wildman–Crippen LogP) is 3.33. The van der Waals surface area contributed by atoms with E-state index in [1.807, 2.05) is 36.2 Å². The molecule has 0 saturated carbocycles. The Morgan fingerprint density at radius 2 is 1.90 bits per heavy atom. The van der Waals surface area contributed by atoms with Gasteiger partial charge in [-0.15, -0.1) is 0 Å². The quantitative estimate of drug-likeness (QED) is 0.787. The van der Waals surface area contributed by atoms with E-state index in [4.69, 9.17) is 0 Å². The van der Waals surface area contributed by atoms with Crippen molar-refractivity contribution in [2.75, 3.05) is 19.6 Å². The lowest BCUT2D eigenvalue weighted by Crippen LogP contribution is -2.64. The summed E-state index contributed by atoms with van der Waals surface area (Å²) in [6, 6.07) is 9.12. The van der Waals surface area contributed by atoms with E-state index in [-0.39, 0.29) is 11.5 Å². The number of likely N-dealkylation sites (tertiary alicyclic amines) is 2. The average molecular weight is 406 g/mol. The molecule has 2 aliphatic heterocycles. The van der Waals surface area contributed by atoms with Crippen molar-refractivity contribution in [1.82, 2.24) is 14.4 Å². The zero-order chi connectivity index (χ0) is 20.8. The smallest absolute Gasteiger partial charge is 0.268 e. The second kappa shape index (κ2) is 7.69. The number of fused-ring (bicyclic) bond motifs is 1. The molecule has 2 fully saturated rings. The van der Waals surface area contributed by atoms with Crippen LogP contribution in [0.3, 0.4) is 0 Å². The summed E-state index contributed by atoms with van der Waals surface area (Å²) in [5.74, 6) is -0.111. The number of nitrogens with zero attached hydrogens (tertiary/aromatic N) is 3. The van der Waals surface area contributed by atoms with Gasteiger partial charge in [0, 0.05) is 31.4 Å². The van der Waals surface area contributed by atoms with Crippen LogP contribution in [0.4, 0.5) is 0 Å². The Balaban J connectivity index is 1.41. The summed E-state index contributed by atoms with van der Waals surface area (Å²) in [5.41, 5.74) is 4.43. The van der Waals surface area contributed by atoms with Crippen LogP contribution in [0.5, 0.6) is 0 Å². The molecule has 5 nitrogen and oxygen atoms in total. The molecule has 30 heavy (non-hydrogen) atoms. The van der Waals surface area contributed by atoms with Crippen LogP contribution in [0.2, 0.25) is 0 Å². The van der Waals surface area contributed by atoms with Gasteiger partial charge in [0.15, 0.2) is 0 Å². The number of hydrogen-bond donors (Lipinski definition) is 0.